The number of sulfone groups is 1. The van der Waals surface area contributed by atoms with E-state index in [4.69, 9.17) is 16.9 Å². The molecule has 2 N–H and O–H groups in total. The molecule has 0 aliphatic carbocycles. The fraction of sp³-hybridized carbons (Fsp3) is 0.350. The van der Waals surface area contributed by atoms with Gasteiger partial charge in [0.15, 0.2) is 15.4 Å². The minimum Gasteiger partial charge on any atom is -0.374 e. The Balaban J connectivity index is 2.50. The number of hydrogen-bond donors (Lipinski definition) is 2. The summed E-state index contributed by atoms with van der Waals surface area (Å²) in [6, 6.07) is 6.26. The number of amides is 1. The molecule has 0 saturated heterocycles. The van der Waals surface area contributed by atoms with E-state index >= 15 is 0 Å². The number of halogens is 4. The fourth-order valence-electron chi connectivity index (χ4n) is 2.97. The summed E-state index contributed by atoms with van der Waals surface area (Å²) in [6.45, 7) is 3.27. The van der Waals surface area contributed by atoms with Gasteiger partial charge in [-0.1, -0.05) is 31.5 Å². The van der Waals surface area contributed by atoms with Crippen molar-refractivity contribution in [3.05, 3.63) is 58.4 Å². The molecule has 1 amide bonds. The van der Waals surface area contributed by atoms with E-state index in [2.05, 4.69) is 10.3 Å². The molecule has 0 bridgehead atoms. The summed E-state index contributed by atoms with van der Waals surface area (Å²) in [6.07, 6.45) is -3.87. The number of rotatable bonds is 7. The highest BCUT2D eigenvalue weighted by Gasteiger charge is 2.43. The Morgan fingerprint density at radius 1 is 1.28 bits per heavy atom. The first-order valence-electron chi connectivity index (χ1n) is 9.15. The summed E-state index contributed by atoms with van der Waals surface area (Å²) in [7, 11) is -3.97. The van der Waals surface area contributed by atoms with Crippen molar-refractivity contribution < 1.29 is 31.5 Å². The molecule has 0 spiro atoms. The molecule has 1 aromatic carbocycles. The van der Waals surface area contributed by atoms with Crippen LogP contribution in [0.25, 0.3) is 0 Å². The second kappa shape index (κ2) is 9.44. The molecule has 0 aliphatic rings. The first-order valence-corrected chi connectivity index (χ1v) is 11.4. The summed E-state index contributed by atoms with van der Waals surface area (Å²) in [5, 5.41) is 22.2. The van der Waals surface area contributed by atoms with Crippen molar-refractivity contribution in [2.45, 2.75) is 25.6 Å². The fourth-order valence-corrected chi connectivity index (χ4v) is 5.15. The van der Waals surface area contributed by atoms with Crippen LogP contribution in [0.1, 0.15) is 30.5 Å². The number of nitrogens with zero attached hydrogens (tertiary/aromatic N) is 2. The normalized spacial score (nSPS) is 14.0. The number of aromatic nitrogens is 1. The van der Waals surface area contributed by atoms with Gasteiger partial charge in [-0.25, -0.2) is 13.4 Å². The van der Waals surface area contributed by atoms with Gasteiger partial charge in [0.2, 0.25) is 0 Å². The Morgan fingerprint density at radius 2 is 1.94 bits per heavy atom. The zero-order chi connectivity index (χ0) is 24.3. The van der Waals surface area contributed by atoms with Gasteiger partial charge in [-0.2, -0.15) is 18.4 Å². The summed E-state index contributed by atoms with van der Waals surface area (Å²) in [4.78, 5) is 16.7. The third-order valence-electron chi connectivity index (χ3n) is 4.30. The number of nitriles is 1. The Kier molecular flexibility index (Phi) is 7.55. The minimum absolute atomic E-state index is 0.0171. The van der Waals surface area contributed by atoms with Crippen molar-refractivity contribution in [3.8, 4) is 6.07 Å². The van der Waals surface area contributed by atoms with Crippen molar-refractivity contribution in [2.75, 3.05) is 16.8 Å². The number of alkyl halides is 3. The van der Waals surface area contributed by atoms with Gasteiger partial charge in [0.25, 0.3) is 5.91 Å². The molecule has 1 aromatic heterocycles. The Labute approximate surface area is 187 Å². The number of benzene rings is 1. The van der Waals surface area contributed by atoms with Crippen LogP contribution in [0.3, 0.4) is 0 Å². The largest absolute Gasteiger partial charge is 0.417 e. The van der Waals surface area contributed by atoms with Crippen LogP contribution in [0.4, 0.5) is 18.9 Å². The molecule has 0 radical (unpaired) electrons. The average Bonchev–Trinajstić information content (AvgIpc) is 2.66. The first kappa shape index (κ1) is 25.6. The number of pyridine rings is 1. The Morgan fingerprint density at radius 3 is 2.44 bits per heavy atom. The highest BCUT2D eigenvalue weighted by molar-refractivity contribution is 7.91. The average molecular weight is 490 g/mol. The molecular formula is C20H19ClF3N3O4S. The molecule has 2 aromatic rings. The van der Waals surface area contributed by atoms with E-state index < -0.39 is 44.4 Å². The van der Waals surface area contributed by atoms with Gasteiger partial charge in [0.1, 0.15) is 5.15 Å². The number of aliphatic hydroxyl groups is 1. The van der Waals surface area contributed by atoms with Crippen LogP contribution >= 0.6 is 11.6 Å². The maximum atomic E-state index is 13.2. The Bertz CT molecular complexity index is 1150. The van der Waals surface area contributed by atoms with Gasteiger partial charge in [0, 0.05) is 17.4 Å². The number of nitrogens with one attached hydrogen (secondary N) is 1. The van der Waals surface area contributed by atoms with Crippen LogP contribution in [-0.4, -0.2) is 35.9 Å². The quantitative estimate of drug-likeness (QED) is 0.574. The van der Waals surface area contributed by atoms with Gasteiger partial charge >= 0.3 is 6.18 Å². The molecule has 0 aliphatic heterocycles. The molecule has 2 rings (SSSR count). The third kappa shape index (κ3) is 6.18. The van der Waals surface area contributed by atoms with E-state index in [-0.39, 0.29) is 28.1 Å². The highest BCUT2D eigenvalue weighted by atomic mass is 35.5. The van der Waals surface area contributed by atoms with E-state index in [1.54, 1.807) is 13.8 Å². The molecule has 1 atom stereocenters. The molecule has 32 heavy (non-hydrogen) atoms. The lowest BCUT2D eigenvalue weighted by atomic mass is 9.96. The standard InChI is InChI=1S/C20H19ClF3N3O4S/c1-12(2)10-32(30,31)11-19(29,14-4-6-17(21)26-9-14)18(28)27-15-5-3-13(8-25)16(7-15)20(22,23)24/h3-7,9,12,29H,10-11H2,1-2H3,(H,27,28). The van der Waals surface area contributed by atoms with E-state index in [0.717, 1.165) is 18.3 Å². The maximum absolute atomic E-state index is 13.2. The van der Waals surface area contributed by atoms with Gasteiger partial charge < -0.3 is 10.4 Å². The number of carbonyl (C=O) groups excluding carboxylic acids is 1. The summed E-state index contributed by atoms with van der Waals surface area (Å²) in [5.74, 6) is -2.95. The van der Waals surface area contributed by atoms with Crippen LogP contribution in [0, 0.1) is 17.2 Å². The lowest BCUT2D eigenvalue weighted by Gasteiger charge is -2.27. The molecule has 1 heterocycles. The van der Waals surface area contributed by atoms with Crippen molar-refractivity contribution in [3.63, 3.8) is 0 Å². The molecule has 0 saturated carbocycles. The highest BCUT2D eigenvalue weighted by Crippen LogP contribution is 2.34. The smallest absolute Gasteiger partial charge is 0.374 e. The number of anilines is 1. The summed E-state index contributed by atoms with van der Waals surface area (Å²) < 4.78 is 64.8. The summed E-state index contributed by atoms with van der Waals surface area (Å²) in [5.41, 5.74) is -5.22. The molecule has 12 heteroatoms. The molecule has 1 unspecified atom stereocenters. The molecular weight excluding hydrogens is 471 g/mol. The van der Waals surface area contributed by atoms with Gasteiger partial charge in [-0.05, 0) is 30.2 Å². The van der Waals surface area contributed by atoms with E-state index in [9.17, 15) is 31.5 Å². The van der Waals surface area contributed by atoms with Crippen LogP contribution in [0.5, 0.6) is 0 Å². The lowest BCUT2D eigenvalue weighted by Crippen LogP contribution is -2.46. The van der Waals surface area contributed by atoms with Gasteiger partial charge in [-0.15, -0.1) is 0 Å². The monoisotopic (exact) mass is 489 g/mol. The predicted molar refractivity (Wildman–Crippen MR) is 111 cm³/mol. The van der Waals surface area contributed by atoms with Crippen molar-refractivity contribution in [1.82, 2.24) is 4.98 Å². The van der Waals surface area contributed by atoms with Crippen LogP contribution in [-0.2, 0) is 26.4 Å². The number of hydrogen-bond acceptors (Lipinski definition) is 6. The SMILES string of the molecule is CC(C)CS(=O)(=O)CC(O)(C(=O)Nc1ccc(C#N)c(C(F)(F)F)c1)c1ccc(Cl)nc1. The minimum atomic E-state index is -4.87. The lowest BCUT2D eigenvalue weighted by molar-refractivity contribution is -0.138. The zero-order valence-electron chi connectivity index (χ0n) is 16.9. The van der Waals surface area contributed by atoms with E-state index in [1.165, 1.54) is 18.2 Å². The molecule has 0 fully saturated rings. The Hall–Kier alpha value is -2.68. The third-order valence-corrected chi connectivity index (χ3v) is 6.56. The van der Waals surface area contributed by atoms with Gasteiger partial charge in [0.05, 0.1) is 28.7 Å². The van der Waals surface area contributed by atoms with Crippen molar-refractivity contribution >= 4 is 33.0 Å². The maximum Gasteiger partial charge on any atom is 0.417 e. The topological polar surface area (TPSA) is 120 Å². The second-order valence-electron chi connectivity index (χ2n) is 7.50. The van der Waals surface area contributed by atoms with Crippen molar-refractivity contribution in [1.29, 1.82) is 5.26 Å². The van der Waals surface area contributed by atoms with Gasteiger partial charge in [-0.3, -0.25) is 4.79 Å². The van der Waals surface area contributed by atoms with Crippen molar-refractivity contribution in [2.24, 2.45) is 5.92 Å². The van der Waals surface area contributed by atoms with Crippen LogP contribution in [0.15, 0.2) is 36.5 Å². The second-order valence-corrected chi connectivity index (χ2v) is 10.00. The molecule has 172 valence electrons. The summed E-state index contributed by atoms with van der Waals surface area (Å²) >= 11 is 5.72. The zero-order valence-corrected chi connectivity index (χ0v) is 18.5. The predicted octanol–water partition coefficient (Wildman–Crippen LogP) is 3.52. The van der Waals surface area contributed by atoms with Crippen LogP contribution < -0.4 is 5.32 Å². The van der Waals surface area contributed by atoms with Crippen LogP contribution in [0.2, 0.25) is 5.15 Å². The number of carbonyl (C=O) groups is 1. The molecule has 7 nitrogen and oxygen atoms in total. The van der Waals surface area contributed by atoms with E-state index in [0.29, 0.717) is 6.07 Å². The first-order chi connectivity index (χ1) is 14.7. The van der Waals surface area contributed by atoms with E-state index in [1.807, 2.05) is 0 Å².